The minimum Gasteiger partial charge on any atom is -0.465 e. The first-order valence-corrected chi connectivity index (χ1v) is 8.73. The number of methoxy groups -OCH3 is 1. The Hall–Kier alpha value is -0.930. The number of hydrogen-bond acceptors (Lipinski definition) is 3. The average molecular weight is 539 g/mol. The van der Waals surface area contributed by atoms with Crippen molar-refractivity contribution in [3.8, 4) is 0 Å². The van der Waals surface area contributed by atoms with E-state index in [1.54, 1.807) is 30.3 Å². The van der Waals surface area contributed by atoms with Crippen molar-refractivity contribution in [2.45, 2.75) is 0 Å². The van der Waals surface area contributed by atoms with Gasteiger partial charge >= 0.3 is 5.97 Å². The maximum Gasteiger partial charge on any atom is 0.337 e. The van der Waals surface area contributed by atoms with Gasteiger partial charge < -0.3 is 10.1 Å². The molecule has 2 aromatic rings. The highest BCUT2D eigenvalue weighted by molar-refractivity contribution is 14.1. The minimum absolute atomic E-state index is 0.225. The van der Waals surface area contributed by atoms with Gasteiger partial charge in [-0.15, -0.1) is 0 Å². The molecule has 0 bridgehead atoms. The summed E-state index contributed by atoms with van der Waals surface area (Å²) in [6.07, 6.45) is 0. The van der Waals surface area contributed by atoms with Crippen LogP contribution < -0.4 is 5.32 Å². The number of halogens is 3. The first kappa shape index (κ1) is 17.4. The number of nitrogens with one attached hydrogen (secondary N) is 1. The second-order valence-electron chi connectivity index (χ2n) is 4.27. The van der Waals surface area contributed by atoms with Crippen LogP contribution in [0.2, 0.25) is 0 Å². The molecule has 7 heteroatoms. The van der Waals surface area contributed by atoms with E-state index in [-0.39, 0.29) is 5.91 Å². The maximum atomic E-state index is 12.4. The van der Waals surface area contributed by atoms with Gasteiger partial charge in [-0.25, -0.2) is 4.79 Å². The van der Waals surface area contributed by atoms with E-state index in [0.29, 0.717) is 16.8 Å². The molecular formula is C15H10Br2INO3. The number of carbonyl (C=O) groups is 2. The van der Waals surface area contributed by atoms with Gasteiger partial charge in [0.05, 0.1) is 18.2 Å². The van der Waals surface area contributed by atoms with Crippen LogP contribution in [0.1, 0.15) is 20.7 Å². The molecule has 0 aliphatic carbocycles. The van der Waals surface area contributed by atoms with Gasteiger partial charge in [-0.05, 0) is 74.9 Å². The summed E-state index contributed by atoms with van der Waals surface area (Å²) in [5.41, 5.74) is 1.59. The molecule has 0 radical (unpaired) electrons. The largest absolute Gasteiger partial charge is 0.465 e. The topological polar surface area (TPSA) is 55.4 Å². The molecule has 0 atom stereocenters. The third-order valence-corrected chi connectivity index (χ3v) is 5.79. The number of carbonyl (C=O) groups excluding carboxylic acids is 2. The van der Waals surface area contributed by atoms with Crippen LogP contribution in [0.3, 0.4) is 0 Å². The number of rotatable bonds is 3. The third-order valence-electron chi connectivity index (χ3n) is 2.80. The zero-order valence-electron chi connectivity index (χ0n) is 11.3. The molecule has 0 aromatic heterocycles. The molecule has 22 heavy (non-hydrogen) atoms. The van der Waals surface area contributed by atoms with Gasteiger partial charge in [0, 0.05) is 18.2 Å². The van der Waals surface area contributed by atoms with Crippen LogP contribution in [-0.2, 0) is 4.74 Å². The van der Waals surface area contributed by atoms with Crippen molar-refractivity contribution < 1.29 is 14.3 Å². The van der Waals surface area contributed by atoms with Crippen LogP contribution in [0.5, 0.6) is 0 Å². The van der Waals surface area contributed by atoms with E-state index in [1.807, 2.05) is 6.07 Å². The van der Waals surface area contributed by atoms with Crippen LogP contribution in [0, 0.1) is 3.57 Å². The summed E-state index contributed by atoms with van der Waals surface area (Å²) in [5, 5.41) is 2.80. The molecule has 114 valence electrons. The third kappa shape index (κ3) is 4.08. The van der Waals surface area contributed by atoms with E-state index in [9.17, 15) is 9.59 Å². The van der Waals surface area contributed by atoms with E-state index >= 15 is 0 Å². The molecular weight excluding hydrogens is 529 g/mol. The van der Waals surface area contributed by atoms with Gasteiger partial charge in [0.2, 0.25) is 0 Å². The summed E-state index contributed by atoms with van der Waals surface area (Å²) in [6, 6.07) is 10.1. The summed E-state index contributed by atoms with van der Waals surface area (Å²) in [5.74, 6) is -0.638. The average Bonchev–Trinajstić information content (AvgIpc) is 2.50. The van der Waals surface area contributed by atoms with Gasteiger partial charge in [-0.1, -0.05) is 15.9 Å². The molecule has 0 saturated carbocycles. The Morgan fingerprint density at radius 1 is 1.14 bits per heavy atom. The summed E-state index contributed by atoms with van der Waals surface area (Å²) in [4.78, 5) is 23.7. The van der Waals surface area contributed by atoms with Crippen LogP contribution in [0.4, 0.5) is 5.69 Å². The lowest BCUT2D eigenvalue weighted by Crippen LogP contribution is -2.14. The normalized spacial score (nSPS) is 10.2. The molecule has 0 heterocycles. The van der Waals surface area contributed by atoms with Crippen molar-refractivity contribution in [2.75, 3.05) is 12.4 Å². The summed E-state index contributed by atoms with van der Waals surface area (Å²) >= 11 is 8.89. The highest BCUT2D eigenvalue weighted by atomic mass is 127. The van der Waals surface area contributed by atoms with Gasteiger partial charge in [0.25, 0.3) is 5.91 Å². The lowest BCUT2D eigenvalue weighted by Gasteiger charge is -2.09. The second kappa shape index (κ2) is 7.56. The van der Waals surface area contributed by atoms with E-state index in [0.717, 1.165) is 12.5 Å². The van der Waals surface area contributed by atoms with Crippen molar-refractivity contribution >= 4 is 72.0 Å². The molecule has 2 rings (SSSR count). The monoisotopic (exact) mass is 537 g/mol. The van der Waals surface area contributed by atoms with Crippen molar-refractivity contribution in [1.29, 1.82) is 0 Å². The Morgan fingerprint density at radius 3 is 2.36 bits per heavy atom. The SMILES string of the molecule is COC(=O)c1ccc(NC(=O)c2cc(Br)cc(Br)c2I)cc1. The minimum atomic E-state index is -0.414. The van der Waals surface area contributed by atoms with Crippen LogP contribution >= 0.6 is 54.5 Å². The maximum absolute atomic E-state index is 12.4. The standard InChI is InChI=1S/C15H10Br2INO3/c1-22-15(21)8-2-4-10(5-3-8)19-14(20)11-6-9(16)7-12(17)13(11)18/h2-7H,1H3,(H,19,20). The molecule has 0 spiro atoms. The predicted octanol–water partition coefficient (Wildman–Crippen LogP) is 4.86. The van der Waals surface area contributed by atoms with Gasteiger partial charge in [0.15, 0.2) is 0 Å². The highest BCUT2D eigenvalue weighted by Gasteiger charge is 2.14. The fraction of sp³-hybridized carbons (Fsp3) is 0.0667. The van der Waals surface area contributed by atoms with Gasteiger partial charge in [-0.3, -0.25) is 4.79 Å². The number of esters is 1. The zero-order valence-corrected chi connectivity index (χ0v) is 16.7. The Bertz CT molecular complexity index is 732. The van der Waals surface area contributed by atoms with Crippen LogP contribution in [0.25, 0.3) is 0 Å². The Balaban J connectivity index is 2.21. The molecule has 1 N–H and O–H groups in total. The molecule has 1 amide bonds. The number of anilines is 1. The quantitative estimate of drug-likeness (QED) is 0.345. The summed E-state index contributed by atoms with van der Waals surface area (Å²) in [6.45, 7) is 0. The zero-order chi connectivity index (χ0) is 16.3. The van der Waals surface area contributed by atoms with Crippen molar-refractivity contribution in [3.63, 3.8) is 0 Å². The smallest absolute Gasteiger partial charge is 0.337 e. The number of amides is 1. The van der Waals surface area contributed by atoms with E-state index in [1.165, 1.54) is 7.11 Å². The Kier molecular flexibility index (Phi) is 5.99. The van der Waals surface area contributed by atoms with Crippen LogP contribution in [-0.4, -0.2) is 19.0 Å². The van der Waals surface area contributed by atoms with Gasteiger partial charge in [0.1, 0.15) is 0 Å². The molecule has 4 nitrogen and oxygen atoms in total. The molecule has 0 aliphatic heterocycles. The summed E-state index contributed by atoms with van der Waals surface area (Å²) in [7, 11) is 1.32. The number of ether oxygens (including phenoxy) is 1. The van der Waals surface area contributed by atoms with Crippen LogP contribution in [0.15, 0.2) is 45.3 Å². The van der Waals surface area contributed by atoms with E-state index in [2.05, 4.69) is 64.5 Å². The molecule has 2 aromatic carbocycles. The van der Waals surface area contributed by atoms with E-state index in [4.69, 9.17) is 0 Å². The fourth-order valence-electron chi connectivity index (χ4n) is 1.73. The van der Waals surface area contributed by atoms with Crippen molar-refractivity contribution in [3.05, 3.63) is 60.0 Å². The summed E-state index contributed by atoms with van der Waals surface area (Å²) < 4.78 is 7.11. The molecule has 0 fully saturated rings. The lowest BCUT2D eigenvalue weighted by molar-refractivity contribution is 0.0600. The predicted molar refractivity (Wildman–Crippen MR) is 100 cm³/mol. The Labute approximate surface area is 158 Å². The number of hydrogen-bond donors (Lipinski definition) is 1. The second-order valence-corrected chi connectivity index (χ2v) is 7.12. The highest BCUT2D eigenvalue weighted by Crippen LogP contribution is 2.28. The van der Waals surface area contributed by atoms with Crippen molar-refractivity contribution in [1.82, 2.24) is 0 Å². The lowest BCUT2D eigenvalue weighted by atomic mass is 10.2. The van der Waals surface area contributed by atoms with Gasteiger partial charge in [-0.2, -0.15) is 0 Å². The molecule has 0 saturated heterocycles. The Morgan fingerprint density at radius 2 is 1.77 bits per heavy atom. The number of benzene rings is 2. The first-order chi connectivity index (χ1) is 10.4. The van der Waals surface area contributed by atoms with Crippen molar-refractivity contribution in [2.24, 2.45) is 0 Å². The molecule has 0 aliphatic rings. The molecule has 0 unspecified atom stereocenters. The first-order valence-electron chi connectivity index (χ1n) is 6.06. The fourth-order valence-corrected chi connectivity index (χ4v) is 3.51. The van der Waals surface area contributed by atoms with E-state index < -0.39 is 5.97 Å².